The minimum atomic E-state index is -0.468. The third kappa shape index (κ3) is 3.91. The fraction of sp³-hybridized carbons (Fsp3) is 0.350. The number of anilines is 1. The first-order chi connectivity index (χ1) is 13.9. The Hall–Kier alpha value is -3.07. The monoisotopic (exact) mass is 412 g/mol. The number of thiophene rings is 1. The molecule has 1 aliphatic rings. The first-order valence-corrected chi connectivity index (χ1v) is 10.2. The van der Waals surface area contributed by atoms with E-state index in [9.17, 15) is 14.9 Å². The van der Waals surface area contributed by atoms with E-state index >= 15 is 0 Å². The molecule has 9 heteroatoms. The van der Waals surface area contributed by atoms with Crippen molar-refractivity contribution < 1.29 is 14.5 Å². The summed E-state index contributed by atoms with van der Waals surface area (Å²) in [5.74, 6) is 0.729. The van der Waals surface area contributed by atoms with Crippen molar-refractivity contribution in [2.45, 2.75) is 33.1 Å². The molecular weight excluding hydrogens is 392 g/mol. The third-order valence-electron chi connectivity index (χ3n) is 5.09. The predicted octanol–water partition coefficient (Wildman–Crippen LogP) is 4.05. The van der Waals surface area contributed by atoms with E-state index in [2.05, 4.69) is 22.2 Å². The van der Waals surface area contributed by atoms with Gasteiger partial charge >= 0.3 is 0 Å². The average Bonchev–Trinajstić information content (AvgIpc) is 3.05. The van der Waals surface area contributed by atoms with Crippen LogP contribution in [0.5, 0.6) is 5.88 Å². The summed E-state index contributed by atoms with van der Waals surface area (Å²) >= 11 is 1.67. The molecule has 1 aromatic carbocycles. The maximum absolute atomic E-state index is 12.4. The number of non-ortho nitro benzene ring substituents is 1. The van der Waals surface area contributed by atoms with Crippen LogP contribution in [-0.2, 0) is 17.6 Å². The zero-order valence-electron chi connectivity index (χ0n) is 16.1. The number of rotatable bonds is 5. The highest BCUT2D eigenvalue weighted by Crippen LogP contribution is 2.40. The largest absolute Gasteiger partial charge is 0.467 e. The topological polar surface area (TPSA) is 107 Å². The van der Waals surface area contributed by atoms with E-state index in [4.69, 9.17) is 4.74 Å². The first kappa shape index (κ1) is 19.3. The summed E-state index contributed by atoms with van der Waals surface area (Å²) in [7, 11) is 0. The molecule has 4 rings (SSSR count). The molecule has 3 aromatic rings. The third-order valence-corrected chi connectivity index (χ3v) is 6.25. The lowest BCUT2D eigenvalue weighted by Crippen LogP contribution is -2.21. The second-order valence-electron chi connectivity index (χ2n) is 7.30. The molecule has 8 nitrogen and oxygen atoms in total. The van der Waals surface area contributed by atoms with E-state index in [-0.39, 0.29) is 18.2 Å². The van der Waals surface area contributed by atoms with Gasteiger partial charge in [-0.25, -0.2) is 9.97 Å². The Morgan fingerprint density at radius 2 is 2.24 bits per heavy atom. The van der Waals surface area contributed by atoms with Crippen LogP contribution in [0.25, 0.3) is 10.2 Å². The molecule has 2 aromatic heterocycles. The number of nitrogens with zero attached hydrogens (tertiary/aromatic N) is 3. The van der Waals surface area contributed by atoms with Crippen molar-refractivity contribution in [1.82, 2.24) is 9.97 Å². The molecule has 29 heavy (non-hydrogen) atoms. The summed E-state index contributed by atoms with van der Waals surface area (Å²) in [4.78, 5) is 33.6. The molecule has 1 unspecified atom stereocenters. The van der Waals surface area contributed by atoms with Crippen LogP contribution in [0.3, 0.4) is 0 Å². The number of nitro groups is 1. The normalized spacial score (nSPS) is 15.7. The number of aryl methyl sites for hydroxylation is 2. The number of ether oxygens (including phenoxy) is 1. The van der Waals surface area contributed by atoms with Crippen LogP contribution in [-0.4, -0.2) is 27.4 Å². The summed E-state index contributed by atoms with van der Waals surface area (Å²) < 4.78 is 5.74. The van der Waals surface area contributed by atoms with Gasteiger partial charge < -0.3 is 10.1 Å². The maximum Gasteiger partial charge on any atom is 0.269 e. The van der Waals surface area contributed by atoms with Gasteiger partial charge in [-0.05, 0) is 49.3 Å². The lowest BCUT2D eigenvalue weighted by Gasteiger charge is -2.18. The fourth-order valence-electron chi connectivity index (χ4n) is 3.58. The van der Waals surface area contributed by atoms with Crippen LogP contribution in [0.4, 0.5) is 11.4 Å². The number of nitrogens with one attached hydrogen (secondary N) is 1. The fourth-order valence-corrected chi connectivity index (χ4v) is 4.92. The lowest BCUT2D eigenvalue weighted by atomic mass is 9.89. The Morgan fingerprint density at radius 1 is 1.41 bits per heavy atom. The highest BCUT2D eigenvalue weighted by Gasteiger charge is 2.24. The second-order valence-corrected chi connectivity index (χ2v) is 8.39. The molecular formula is C20H20N4O4S. The predicted molar refractivity (Wildman–Crippen MR) is 111 cm³/mol. The summed E-state index contributed by atoms with van der Waals surface area (Å²) in [5.41, 5.74) is 2.35. The summed E-state index contributed by atoms with van der Waals surface area (Å²) in [5, 5.41) is 14.5. The van der Waals surface area contributed by atoms with Gasteiger partial charge in [-0.15, -0.1) is 11.3 Å². The SMILES string of the molecule is Cc1cc([N+](=O)[O-])ccc1NC(=O)COc1ncnc2sc3c(c12)CCC(C)C3. The molecule has 0 saturated heterocycles. The Balaban J connectivity index is 1.49. The second kappa shape index (κ2) is 7.75. The number of amides is 1. The number of aromatic nitrogens is 2. The van der Waals surface area contributed by atoms with Gasteiger partial charge in [-0.2, -0.15) is 0 Å². The number of fused-ring (bicyclic) bond motifs is 3. The van der Waals surface area contributed by atoms with Crippen LogP contribution in [0.2, 0.25) is 0 Å². The van der Waals surface area contributed by atoms with E-state index in [1.54, 1.807) is 18.3 Å². The zero-order chi connectivity index (χ0) is 20.5. The van der Waals surface area contributed by atoms with Gasteiger partial charge in [0.25, 0.3) is 11.6 Å². The van der Waals surface area contributed by atoms with Crippen LogP contribution in [0.1, 0.15) is 29.3 Å². The molecule has 1 atom stereocenters. The number of hydrogen-bond donors (Lipinski definition) is 1. The van der Waals surface area contributed by atoms with Gasteiger partial charge in [0.1, 0.15) is 11.2 Å². The Labute approximate surface area is 171 Å². The molecule has 0 radical (unpaired) electrons. The Morgan fingerprint density at radius 3 is 3.00 bits per heavy atom. The minimum absolute atomic E-state index is 0.0170. The summed E-state index contributed by atoms with van der Waals surface area (Å²) in [6.45, 7) is 3.75. The number of carbonyl (C=O) groups excluding carboxylic acids is 1. The number of hydrogen-bond acceptors (Lipinski definition) is 7. The van der Waals surface area contributed by atoms with E-state index in [0.717, 1.165) is 29.5 Å². The van der Waals surface area contributed by atoms with E-state index in [1.165, 1.54) is 35.0 Å². The molecule has 0 aliphatic heterocycles. The first-order valence-electron chi connectivity index (χ1n) is 9.35. The molecule has 150 valence electrons. The molecule has 0 bridgehead atoms. The van der Waals surface area contributed by atoms with Crippen molar-refractivity contribution >= 4 is 38.8 Å². The van der Waals surface area contributed by atoms with Gasteiger partial charge in [-0.3, -0.25) is 14.9 Å². The van der Waals surface area contributed by atoms with Crippen molar-refractivity contribution in [3.8, 4) is 5.88 Å². The highest BCUT2D eigenvalue weighted by atomic mass is 32.1. The molecule has 0 saturated carbocycles. The quantitative estimate of drug-likeness (QED) is 0.500. The Bertz CT molecular complexity index is 1110. The van der Waals surface area contributed by atoms with Gasteiger partial charge in [0.15, 0.2) is 6.61 Å². The Kier molecular flexibility index (Phi) is 5.14. The van der Waals surface area contributed by atoms with Crippen molar-refractivity contribution in [3.05, 3.63) is 50.6 Å². The van der Waals surface area contributed by atoms with E-state index < -0.39 is 4.92 Å². The molecule has 1 amide bonds. The lowest BCUT2D eigenvalue weighted by molar-refractivity contribution is -0.384. The van der Waals surface area contributed by atoms with Gasteiger partial charge in [0, 0.05) is 22.7 Å². The van der Waals surface area contributed by atoms with E-state index in [0.29, 0.717) is 23.0 Å². The average molecular weight is 412 g/mol. The van der Waals surface area contributed by atoms with Gasteiger partial charge in [-0.1, -0.05) is 6.92 Å². The standard InChI is InChI=1S/C20H20N4O4S/c1-11-3-5-14-16(7-11)29-20-18(14)19(21-10-22-20)28-9-17(25)23-15-6-4-13(24(26)27)8-12(15)2/h4,6,8,10-11H,3,5,7,9H2,1-2H3,(H,23,25). The van der Waals surface area contributed by atoms with Crippen LogP contribution < -0.4 is 10.1 Å². The molecule has 1 N–H and O–H groups in total. The van der Waals surface area contributed by atoms with Crippen LogP contribution in [0, 0.1) is 23.0 Å². The number of benzene rings is 1. The number of carbonyl (C=O) groups is 1. The molecule has 0 spiro atoms. The van der Waals surface area contributed by atoms with Crippen molar-refractivity contribution in [3.63, 3.8) is 0 Å². The summed E-state index contributed by atoms with van der Waals surface area (Å²) in [6.07, 6.45) is 4.58. The molecule has 2 heterocycles. The minimum Gasteiger partial charge on any atom is -0.467 e. The maximum atomic E-state index is 12.4. The molecule has 1 aliphatic carbocycles. The van der Waals surface area contributed by atoms with Crippen molar-refractivity contribution in [2.24, 2.45) is 5.92 Å². The summed E-state index contributed by atoms with van der Waals surface area (Å²) in [6, 6.07) is 4.30. The highest BCUT2D eigenvalue weighted by molar-refractivity contribution is 7.18. The molecule has 0 fully saturated rings. The van der Waals surface area contributed by atoms with Crippen LogP contribution >= 0.6 is 11.3 Å². The zero-order valence-corrected chi connectivity index (χ0v) is 16.9. The van der Waals surface area contributed by atoms with Gasteiger partial charge in [0.2, 0.25) is 5.88 Å². The number of nitro benzene ring substituents is 1. The van der Waals surface area contributed by atoms with E-state index in [1.807, 2.05) is 0 Å². The van der Waals surface area contributed by atoms with Crippen molar-refractivity contribution in [2.75, 3.05) is 11.9 Å². The van der Waals surface area contributed by atoms with Gasteiger partial charge in [0.05, 0.1) is 10.3 Å². The van der Waals surface area contributed by atoms with Crippen LogP contribution in [0.15, 0.2) is 24.5 Å². The van der Waals surface area contributed by atoms with Crippen molar-refractivity contribution in [1.29, 1.82) is 0 Å². The smallest absolute Gasteiger partial charge is 0.269 e.